The zero-order valence-corrected chi connectivity index (χ0v) is 33.9. The van der Waals surface area contributed by atoms with Crippen LogP contribution in [0.1, 0.15) is 60.3 Å². The third kappa shape index (κ3) is 8.90. The van der Waals surface area contributed by atoms with Crippen LogP contribution in [-0.2, 0) is 19.1 Å². The van der Waals surface area contributed by atoms with Crippen molar-refractivity contribution in [2.24, 2.45) is 23.0 Å². The first-order valence-electron chi connectivity index (χ1n) is 19.1. The molecule has 2 aromatic heterocycles. The fraction of sp³-hybridized carbons (Fsp3) is 0.615. The minimum absolute atomic E-state index is 0.0615. The number of fused-ring (bicyclic) bond motifs is 2. The number of nitrogens with two attached hydrogens (primary N) is 1. The van der Waals surface area contributed by atoms with Crippen molar-refractivity contribution in [3.8, 4) is 22.9 Å². The lowest BCUT2D eigenvalue weighted by molar-refractivity contribution is -0.141. The molecule has 2 saturated heterocycles. The summed E-state index contributed by atoms with van der Waals surface area (Å²) in [5.41, 5.74) is 6.82. The number of thiazole rings is 1. The second-order valence-corrected chi connectivity index (χ2v) is 18.0. The van der Waals surface area contributed by atoms with Gasteiger partial charge in [0.2, 0.25) is 11.8 Å². The highest BCUT2D eigenvalue weighted by atomic mass is 35.5. The molecular formula is C39H52ClN7O7S. The summed E-state index contributed by atoms with van der Waals surface area (Å²) in [7, 11) is 2.04. The maximum atomic E-state index is 14.3. The summed E-state index contributed by atoms with van der Waals surface area (Å²) in [4.78, 5) is 53.6. The van der Waals surface area contributed by atoms with Gasteiger partial charge in [0.25, 0.3) is 0 Å². The van der Waals surface area contributed by atoms with E-state index in [1.807, 2.05) is 53.1 Å². The predicted octanol–water partition coefficient (Wildman–Crippen LogP) is 5.31. The number of hydrogen-bond acceptors (Lipinski definition) is 12. The Morgan fingerprint density at radius 2 is 1.84 bits per heavy atom. The Morgan fingerprint density at radius 3 is 2.53 bits per heavy atom. The van der Waals surface area contributed by atoms with Crippen LogP contribution in [0.2, 0.25) is 5.02 Å². The van der Waals surface area contributed by atoms with Crippen molar-refractivity contribution in [3.05, 3.63) is 28.6 Å². The first-order chi connectivity index (χ1) is 26.1. The summed E-state index contributed by atoms with van der Waals surface area (Å²) >= 11 is 8.51. The fourth-order valence-corrected chi connectivity index (χ4v) is 8.91. The molecule has 7 atom stereocenters. The number of likely N-dealkylation sites (N-methyl/N-ethyl adjacent to an activating group) is 1. The zero-order chi connectivity index (χ0) is 39.2. The lowest BCUT2D eigenvalue weighted by atomic mass is 9.85. The average molecular weight is 798 g/mol. The second-order valence-electron chi connectivity index (χ2n) is 16.7. The number of carbonyl (C=O) groups excluding carboxylic acids is 3. The predicted molar refractivity (Wildman–Crippen MR) is 211 cm³/mol. The number of aromatic nitrogens is 2. The van der Waals surface area contributed by atoms with Crippen LogP contribution >= 0.6 is 22.9 Å². The molecule has 0 bridgehead atoms. The molecular weight excluding hydrogens is 746 g/mol. The van der Waals surface area contributed by atoms with Crippen molar-refractivity contribution in [1.29, 1.82) is 0 Å². The number of hydrogen-bond donors (Lipinski definition) is 3. The fourth-order valence-electron chi connectivity index (χ4n) is 7.80. The van der Waals surface area contributed by atoms with Gasteiger partial charge in [-0.15, -0.1) is 11.3 Å². The smallest absolute Gasteiger partial charge is 0.408 e. The molecule has 16 heteroatoms. The standard InChI is InChI=1S/C39H52ClN7O7S/c1-20(2)42-37-44-28(19-55-37)27-15-31(26-7-8-30(32(40)33(26)43-27)52-18-23-17-51-10-9-46(23)6)53-25-14-29(35(41)48)47(16-25)36(49)34(39(3,4)5)45-38(50)54-24-12-21-11-22(21)13-24/h7-8,15,19-25,29,34H,9-14,16-18H2,1-6H3,(H2,41,48)(H,42,44)(H,45,50)/t21-,22?,23-,24+,25-,29+,34-/m1/s1. The molecule has 4 heterocycles. The van der Waals surface area contributed by atoms with Crippen molar-refractivity contribution in [3.63, 3.8) is 0 Å². The van der Waals surface area contributed by atoms with Gasteiger partial charge >= 0.3 is 6.09 Å². The SMILES string of the molecule is CC(C)Nc1nc(-c2cc(O[C@@H]3C[C@@H](C(N)=O)N(C(=O)[C@@H](NC(=O)O[C@@H]4CC5C[C@@H]5C4)C(C)(C)C)C3)c3ccc(OC[C@H]4COCCN4C)c(Cl)c3n2)cs1. The third-order valence-corrected chi connectivity index (χ3v) is 12.1. The number of nitrogens with one attached hydrogen (secondary N) is 2. The topological polar surface area (TPSA) is 170 Å². The Kier molecular flexibility index (Phi) is 11.4. The summed E-state index contributed by atoms with van der Waals surface area (Å²) in [5.74, 6) is 1.11. The molecule has 4 N–H and O–H groups in total. The maximum absolute atomic E-state index is 14.3. The van der Waals surface area contributed by atoms with Gasteiger partial charge in [0.1, 0.15) is 53.1 Å². The molecule has 7 rings (SSSR count). The molecule has 2 saturated carbocycles. The number of amides is 3. The summed E-state index contributed by atoms with van der Waals surface area (Å²) < 4.78 is 24.3. The summed E-state index contributed by atoms with van der Waals surface area (Å²) in [6, 6.07) is 3.77. The van der Waals surface area contributed by atoms with Gasteiger partial charge in [0, 0.05) is 35.8 Å². The van der Waals surface area contributed by atoms with E-state index in [9.17, 15) is 14.4 Å². The largest absolute Gasteiger partial charge is 0.490 e. The minimum atomic E-state index is -0.972. The summed E-state index contributed by atoms with van der Waals surface area (Å²) in [5, 5.41) is 9.75. The Hall–Kier alpha value is -3.92. The quantitative estimate of drug-likeness (QED) is 0.217. The van der Waals surface area contributed by atoms with Crippen LogP contribution in [0.3, 0.4) is 0 Å². The van der Waals surface area contributed by atoms with Gasteiger partial charge in [-0.1, -0.05) is 32.4 Å². The molecule has 0 radical (unpaired) electrons. The molecule has 4 fully saturated rings. The van der Waals surface area contributed by atoms with Crippen molar-refractivity contribution in [2.75, 3.05) is 45.3 Å². The molecule has 298 valence electrons. The molecule has 14 nitrogen and oxygen atoms in total. The molecule has 3 aromatic rings. The van der Waals surface area contributed by atoms with Crippen LogP contribution in [0.15, 0.2) is 23.6 Å². The molecule has 1 aromatic carbocycles. The van der Waals surface area contributed by atoms with E-state index < -0.39 is 41.5 Å². The van der Waals surface area contributed by atoms with E-state index in [1.165, 1.54) is 22.7 Å². The number of alkyl carbamates (subject to hydrolysis) is 1. The number of halogens is 1. The first-order valence-corrected chi connectivity index (χ1v) is 20.4. The zero-order valence-electron chi connectivity index (χ0n) is 32.3. The number of primary amides is 1. The van der Waals surface area contributed by atoms with E-state index in [4.69, 9.17) is 46.3 Å². The number of likely N-dealkylation sites (tertiary alicyclic amines) is 1. The van der Waals surface area contributed by atoms with Crippen LogP contribution in [0.5, 0.6) is 11.5 Å². The molecule has 1 unspecified atom stereocenters. The van der Waals surface area contributed by atoms with Crippen LogP contribution in [0, 0.1) is 17.3 Å². The number of morpholine rings is 1. The summed E-state index contributed by atoms with van der Waals surface area (Å²) in [6.45, 7) is 12.2. The van der Waals surface area contributed by atoms with E-state index in [2.05, 4.69) is 15.5 Å². The molecule has 0 spiro atoms. The van der Waals surface area contributed by atoms with Gasteiger partial charge in [0.15, 0.2) is 5.13 Å². The van der Waals surface area contributed by atoms with E-state index in [1.54, 1.807) is 12.1 Å². The lowest BCUT2D eigenvalue weighted by Crippen LogP contribution is -2.57. The highest BCUT2D eigenvalue weighted by Gasteiger charge is 2.48. The molecule has 55 heavy (non-hydrogen) atoms. The average Bonchev–Trinajstić information content (AvgIpc) is 3.44. The van der Waals surface area contributed by atoms with E-state index in [0.717, 1.165) is 24.5 Å². The third-order valence-electron chi connectivity index (χ3n) is 11.0. The number of rotatable bonds is 12. The van der Waals surface area contributed by atoms with Crippen molar-refractivity contribution >= 4 is 56.9 Å². The van der Waals surface area contributed by atoms with Gasteiger partial charge in [0.05, 0.1) is 37.0 Å². The highest BCUT2D eigenvalue weighted by molar-refractivity contribution is 7.14. The monoisotopic (exact) mass is 797 g/mol. The molecule has 3 amide bonds. The van der Waals surface area contributed by atoms with Gasteiger partial charge < -0.3 is 40.2 Å². The second kappa shape index (κ2) is 15.9. The number of ether oxygens (including phenoxy) is 4. The van der Waals surface area contributed by atoms with Gasteiger partial charge in [-0.05, 0) is 69.5 Å². The summed E-state index contributed by atoms with van der Waals surface area (Å²) in [6.07, 6.45) is 1.67. The van der Waals surface area contributed by atoms with E-state index >= 15 is 0 Å². The van der Waals surface area contributed by atoms with Crippen molar-refractivity contribution < 1.29 is 33.3 Å². The number of nitrogens with zero attached hydrogens (tertiary/aromatic N) is 4. The van der Waals surface area contributed by atoms with E-state index in [0.29, 0.717) is 70.5 Å². The lowest BCUT2D eigenvalue weighted by Gasteiger charge is -2.35. The highest BCUT2D eigenvalue weighted by Crippen LogP contribution is 2.52. The van der Waals surface area contributed by atoms with Gasteiger partial charge in [-0.25, -0.2) is 14.8 Å². The maximum Gasteiger partial charge on any atom is 0.408 e. The van der Waals surface area contributed by atoms with Crippen LogP contribution in [0.25, 0.3) is 22.3 Å². The Bertz CT molecular complexity index is 1910. The van der Waals surface area contributed by atoms with Crippen molar-refractivity contribution in [2.45, 2.75) is 96.7 Å². The minimum Gasteiger partial charge on any atom is -0.490 e. The van der Waals surface area contributed by atoms with Gasteiger partial charge in [-0.3, -0.25) is 14.5 Å². The molecule has 2 aliphatic heterocycles. The Balaban J connectivity index is 1.15. The van der Waals surface area contributed by atoms with Crippen LogP contribution in [-0.4, -0.2) is 114 Å². The van der Waals surface area contributed by atoms with E-state index in [-0.39, 0.29) is 31.2 Å². The van der Waals surface area contributed by atoms with Crippen molar-refractivity contribution in [1.82, 2.24) is 25.1 Å². The van der Waals surface area contributed by atoms with Crippen LogP contribution in [0.4, 0.5) is 9.93 Å². The molecule has 2 aliphatic carbocycles. The normalized spacial score (nSPS) is 25.8. The number of carbonyl (C=O) groups is 3. The number of benzene rings is 1. The number of anilines is 1. The Morgan fingerprint density at radius 1 is 1.07 bits per heavy atom. The first kappa shape index (κ1) is 39.3. The van der Waals surface area contributed by atoms with Gasteiger partial charge in [-0.2, -0.15) is 0 Å². The van der Waals surface area contributed by atoms with Crippen LogP contribution < -0.4 is 25.8 Å². The molecule has 4 aliphatic rings. The number of pyridine rings is 1. The Labute approximate surface area is 330 Å².